The van der Waals surface area contributed by atoms with Crippen molar-refractivity contribution in [2.24, 2.45) is 0 Å². The predicted molar refractivity (Wildman–Crippen MR) is 136 cm³/mol. The molecular weight excluding hydrogens is 432 g/mol. The number of ether oxygens (including phenoxy) is 1. The SMILES string of the molecule is CCN(CCNc1cc(N2CCS(=O)c3ccccc3C2)nc2ccc(C)cc12)C1COC1. The summed E-state index contributed by atoms with van der Waals surface area (Å²) in [7, 11) is -0.975. The van der Waals surface area contributed by atoms with Gasteiger partial charge >= 0.3 is 0 Å². The van der Waals surface area contributed by atoms with E-state index in [0.29, 0.717) is 11.8 Å². The van der Waals surface area contributed by atoms with Gasteiger partial charge in [0.2, 0.25) is 0 Å². The van der Waals surface area contributed by atoms with Crippen LogP contribution in [0.1, 0.15) is 18.1 Å². The number of nitrogens with zero attached hydrogens (tertiary/aromatic N) is 3. The van der Waals surface area contributed by atoms with Crippen LogP contribution in [0.3, 0.4) is 0 Å². The van der Waals surface area contributed by atoms with Gasteiger partial charge in [-0.25, -0.2) is 4.98 Å². The van der Waals surface area contributed by atoms with Crippen molar-refractivity contribution < 1.29 is 8.95 Å². The fourth-order valence-corrected chi connectivity index (χ4v) is 5.90. The van der Waals surface area contributed by atoms with Crippen LogP contribution >= 0.6 is 0 Å². The molecule has 3 heterocycles. The molecule has 3 aromatic rings. The summed E-state index contributed by atoms with van der Waals surface area (Å²) < 4.78 is 18.1. The maximum absolute atomic E-state index is 12.8. The van der Waals surface area contributed by atoms with Gasteiger partial charge in [0.1, 0.15) is 5.82 Å². The van der Waals surface area contributed by atoms with E-state index in [1.54, 1.807) is 0 Å². The molecule has 1 atom stereocenters. The molecule has 1 aromatic heterocycles. The molecule has 5 rings (SSSR count). The lowest BCUT2D eigenvalue weighted by Crippen LogP contribution is -2.50. The van der Waals surface area contributed by atoms with Gasteiger partial charge in [0.15, 0.2) is 0 Å². The lowest BCUT2D eigenvalue weighted by atomic mass is 10.1. The van der Waals surface area contributed by atoms with Crippen LogP contribution in [0.15, 0.2) is 53.4 Å². The Hall–Kier alpha value is -2.48. The Balaban J connectivity index is 1.42. The zero-order valence-corrected chi connectivity index (χ0v) is 20.2. The minimum atomic E-state index is -0.975. The van der Waals surface area contributed by atoms with Gasteiger partial charge in [-0.2, -0.15) is 0 Å². The van der Waals surface area contributed by atoms with Crippen LogP contribution in [0.5, 0.6) is 0 Å². The molecule has 0 saturated carbocycles. The molecule has 6 nitrogen and oxygen atoms in total. The molecule has 0 aliphatic carbocycles. The van der Waals surface area contributed by atoms with Gasteiger partial charge in [0, 0.05) is 54.0 Å². The van der Waals surface area contributed by atoms with Crippen molar-refractivity contribution >= 4 is 33.2 Å². The van der Waals surface area contributed by atoms with E-state index in [9.17, 15) is 4.21 Å². The molecule has 0 spiro atoms. The molecule has 0 radical (unpaired) electrons. The van der Waals surface area contributed by atoms with Crippen molar-refractivity contribution in [2.45, 2.75) is 31.3 Å². The molecule has 0 amide bonds. The van der Waals surface area contributed by atoms with Crippen LogP contribution in [0.4, 0.5) is 11.5 Å². The van der Waals surface area contributed by atoms with Crippen LogP contribution < -0.4 is 10.2 Å². The fourth-order valence-electron chi connectivity index (χ4n) is 4.64. The summed E-state index contributed by atoms with van der Waals surface area (Å²) in [4.78, 5) is 10.7. The second-order valence-corrected chi connectivity index (χ2v) is 10.4. The number of nitrogens with one attached hydrogen (secondary N) is 1. The molecule has 1 unspecified atom stereocenters. The van der Waals surface area contributed by atoms with Crippen LogP contribution in [0.25, 0.3) is 10.9 Å². The van der Waals surface area contributed by atoms with Crippen molar-refractivity contribution in [2.75, 3.05) is 55.4 Å². The molecule has 1 saturated heterocycles. The molecule has 2 aromatic carbocycles. The first-order valence-corrected chi connectivity index (χ1v) is 13.1. The average molecular weight is 465 g/mol. The molecule has 33 heavy (non-hydrogen) atoms. The van der Waals surface area contributed by atoms with E-state index >= 15 is 0 Å². The van der Waals surface area contributed by atoms with Crippen molar-refractivity contribution in [3.63, 3.8) is 0 Å². The monoisotopic (exact) mass is 464 g/mol. The van der Waals surface area contributed by atoms with E-state index in [1.807, 2.05) is 18.2 Å². The summed E-state index contributed by atoms with van der Waals surface area (Å²) in [6.45, 7) is 10.3. The molecule has 174 valence electrons. The largest absolute Gasteiger partial charge is 0.383 e. The molecular formula is C26H32N4O2S. The number of pyridine rings is 1. The zero-order chi connectivity index (χ0) is 22.8. The Morgan fingerprint density at radius 3 is 2.85 bits per heavy atom. The second kappa shape index (κ2) is 9.79. The lowest BCUT2D eigenvalue weighted by Gasteiger charge is -2.36. The van der Waals surface area contributed by atoms with Gasteiger partial charge < -0.3 is 15.0 Å². The number of hydrogen-bond acceptors (Lipinski definition) is 6. The Labute approximate surface area is 198 Å². The van der Waals surface area contributed by atoms with E-state index in [4.69, 9.17) is 9.72 Å². The van der Waals surface area contributed by atoms with Crippen molar-refractivity contribution in [3.05, 3.63) is 59.7 Å². The minimum Gasteiger partial charge on any atom is -0.383 e. The number of fused-ring (bicyclic) bond motifs is 2. The Bertz CT molecular complexity index is 1160. The molecule has 1 N–H and O–H groups in total. The molecule has 1 fully saturated rings. The van der Waals surface area contributed by atoms with Crippen molar-refractivity contribution in [3.8, 4) is 0 Å². The third-order valence-electron chi connectivity index (χ3n) is 6.66. The quantitative estimate of drug-likeness (QED) is 0.574. The first-order valence-electron chi connectivity index (χ1n) is 11.8. The Morgan fingerprint density at radius 2 is 2.06 bits per heavy atom. The van der Waals surface area contributed by atoms with Gasteiger partial charge in [0.05, 0.1) is 35.6 Å². The third kappa shape index (κ3) is 4.76. The van der Waals surface area contributed by atoms with E-state index in [-0.39, 0.29) is 0 Å². The number of likely N-dealkylation sites (N-methyl/N-ethyl adjacent to an activating group) is 1. The van der Waals surface area contributed by atoms with Gasteiger partial charge in [0.25, 0.3) is 0 Å². The Morgan fingerprint density at radius 1 is 1.21 bits per heavy atom. The molecule has 2 aliphatic heterocycles. The first-order chi connectivity index (χ1) is 16.1. The second-order valence-electron chi connectivity index (χ2n) is 8.87. The number of hydrogen-bond donors (Lipinski definition) is 1. The van der Waals surface area contributed by atoms with E-state index in [1.165, 1.54) is 5.56 Å². The predicted octanol–water partition coefficient (Wildman–Crippen LogP) is 3.80. The summed E-state index contributed by atoms with van der Waals surface area (Å²) in [5, 5.41) is 4.84. The van der Waals surface area contributed by atoms with E-state index in [0.717, 1.165) is 78.8 Å². The normalized spacial score (nSPS) is 18.8. The first kappa shape index (κ1) is 22.3. The van der Waals surface area contributed by atoms with Crippen LogP contribution in [-0.4, -0.2) is 65.3 Å². The fraction of sp³-hybridized carbons (Fsp3) is 0.423. The van der Waals surface area contributed by atoms with Crippen molar-refractivity contribution in [1.29, 1.82) is 0 Å². The summed E-state index contributed by atoms with van der Waals surface area (Å²) in [6.07, 6.45) is 0. The highest BCUT2D eigenvalue weighted by molar-refractivity contribution is 7.85. The van der Waals surface area contributed by atoms with E-state index < -0.39 is 10.8 Å². The third-order valence-corrected chi connectivity index (χ3v) is 8.10. The molecule has 0 bridgehead atoms. The van der Waals surface area contributed by atoms with E-state index in [2.05, 4.69) is 59.3 Å². The summed E-state index contributed by atoms with van der Waals surface area (Å²) in [5.74, 6) is 1.55. The maximum Gasteiger partial charge on any atom is 0.131 e. The van der Waals surface area contributed by atoms with Gasteiger partial charge in [-0.1, -0.05) is 36.8 Å². The number of benzene rings is 2. The smallest absolute Gasteiger partial charge is 0.131 e. The van der Waals surface area contributed by atoms with Gasteiger partial charge in [-0.15, -0.1) is 0 Å². The Kier molecular flexibility index (Phi) is 6.62. The maximum atomic E-state index is 12.8. The topological polar surface area (TPSA) is 57.7 Å². The highest BCUT2D eigenvalue weighted by atomic mass is 32.2. The average Bonchev–Trinajstić information content (AvgIpc) is 2.96. The van der Waals surface area contributed by atoms with Crippen LogP contribution in [0, 0.1) is 6.92 Å². The minimum absolute atomic E-state index is 0.543. The van der Waals surface area contributed by atoms with Crippen LogP contribution in [0.2, 0.25) is 0 Å². The van der Waals surface area contributed by atoms with Crippen LogP contribution in [-0.2, 0) is 22.1 Å². The summed E-state index contributed by atoms with van der Waals surface area (Å²) in [6, 6.07) is 17.2. The molecule has 7 heteroatoms. The van der Waals surface area contributed by atoms with Gasteiger partial charge in [-0.3, -0.25) is 9.11 Å². The summed E-state index contributed by atoms with van der Waals surface area (Å²) in [5.41, 5.74) is 4.44. The standard InChI is InChI=1S/C26H32N4O2S/c1-3-29(21-17-32-18-21)11-10-27-24-15-26(28-23-9-8-19(2)14-22(23)24)30-12-13-33(31)25-7-5-4-6-20(25)16-30/h4-9,14-15,21H,3,10-13,16-18H2,1-2H3,(H,27,28). The number of aromatic nitrogens is 1. The van der Waals surface area contributed by atoms with Crippen molar-refractivity contribution in [1.82, 2.24) is 9.88 Å². The lowest BCUT2D eigenvalue weighted by molar-refractivity contribution is -0.0618. The highest BCUT2D eigenvalue weighted by Crippen LogP contribution is 2.30. The number of anilines is 2. The number of aryl methyl sites for hydroxylation is 1. The number of rotatable bonds is 7. The molecule has 2 aliphatic rings. The zero-order valence-electron chi connectivity index (χ0n) is 19.4. The highest BCUT2D eigenvalue weighted by Gasteiger charge is 2.24. The summed E-state index contributed by atoms with van der Waals surface area (Å²) >= 11 is 0. The van der Waals surface area contributed by atoms with Gasteiger partial charge in [-0.05, 0) is 37.2 Å².